The Kier molecular flexibility index (Phi) is 11.1. The maximum atomic E-state index is 12.8. The average Bonchev–Trinajstić information content (AvgIpc) is 2.74. The topological polar surface area (TPSA) is 186 Å². The molecular weight excluding hydrogens is 418 g/mol. The Hall–Kier alpha value is -3.18. The minimum atomic E-state index is -1.43. The molecule has 8 N–H and O–H groups in total. The first-order valence-electron chi connectivity index (χ1n) is 10.4. The van der Waals surface area contributed by atoms with E-state index in [1.807, 2.05) is 0 Å². The lowest BCUT2D eigenvalue weighted by atomic mass is 10.0. The Balaban J connectivity index is 2.83. The van der Waals surface area contributed by atoms with Crippen molar-refractivity contribution in [1.29, 1.82) is 0 Å². The van der Waals surface area contributed by atoms with E-state index in [1.165, 1.54) is 24.3 Å². The molecule has 4 amide bonds. The number of nitrogens with two attached hydrogens (primary N) is 2. The van der Waals surface area contributed by atoms with Crippen molar-refractivity contribution < 1.29 is 29.0 Å². The number of carbonyl (C=O) groups is 4. The minimum Gasteiger partial charge on any atom is -0.464 e. The molecule has 0 saturated carbocycles. The molecule has 178 valence electrons. The van der Waals surface area contributed by atoms with E-state index >= 15 is 0 Å². The summed E-state index contributed by atoms with van der Waals surface area (Å²) in [7, 11) is 0. The molecule has 1 aromatic rings. The molecule has 3 atom stereocenters. The Labute approximate surface area is 187 Å². The molecule has 0 bridgehead atoms. The van der Waals surface area contributed by atoms with Crippen molar-refractivity contribution in [2.24, 2.45) is 17.4 Å². The number of benzene rings is 1. The van der Waals surface area contributed by atoms with Gasteiger partial charge in [0.2, 0.25) is 11.8 Å². The molecular formula is C21H33N5O6. The number of ether oxygens (including phenoxy) is 1. The summed E-state index contributed by atoms with van der Waals surface area (Å²) < 4.78 is 4.78. The van der Waals surface area contributed by atoms with Crippen LogP contribution < -0.4 is 27.4 Å². The van der Waals surface area contributed by atoms with E-state index in [2.05, 4.69) is 16.0 Å². The van der Waals surface area contributed by atoms with Gasteiger partial charge in [-0.3, -0.25) is 9.59 Å². The smallest absolute Gasteiger partial charge is 0.339 e. The predicted octanol–water partition coefficient (Wildman–Crippen LogP) is 0.138. The summed E-state index contributed by atoms with van der Waals surface area (Å²) in [5, 5.41) is 17.7. The van der Waals surface area contributed by atoms with Gasteiger partial charge in [0.1, 0.15) is 6.04 Å². The van der Waals surface area contributed by atoms with Crippen molar-refractivity contribution in [3.05, 3.63) is 29.8 Å². The van der Waals surface area contributed by atoms with Gasteiger partial charge >= 0.3 is 12.0 Å². The van der Waals surface area contributed by atoms with Crippen LogP contribution in [-0.4, -0.2) is 54.2 Å². The quantitative estimate of drug-likeness (QED) is 0.193. The Morgan fingerprint density at radius 3 is 2.25 bits per heavy atom. The Morgan fingerprint density at radius 2 is 1.72 bits per heavy atom. The molecule has 0 radical (unpaired) electrons. The van der Waals surface area contributed by atoms with Gasteiger partial charge in [0.05, 0.1) is 12.6 Å². The predicted molar refractivity (Wildman–Crippen MR) is 118 cm³/mol. The lowest BCUT2D eigenvalue weighted by molar-refractivity contribution is -0.153. The summed E-state index contributed by atoms with van der Waals surface area (Å²) in [5.41, 5.74) is 11.6. The number of amides is 4. The molecule has 0 fully saturated rings. The molecule has 11 heteroatoms. The maximum Gasteiger partial charge on any atom is 0.339 e. The summed E-state index contributed by atoms with van der Waals surface area (Å²) in [4.78, 5) is 47.6. The van der Waals surface area contributed by atoms with Crippen LogP contribution in [0.2, 0.25) is 0 Å². The van der Waals surface area contributed by atoms with Gasteiger partial charge in [-0.05, 0) is 43.4 Å². The summed E-state index contributed by atoms with van der Waals surface area (Å²) >= 11 is 0. The van der Waals surface area contributed by atoms with Crippen LogP contribution in [0.25, 0.3) is 0 Å². The van der Waals surface area contributed by atoms with E-state index in [4.69, 9.17) is 16.2 Å². The molecule has 0 aliphatic carbocycles. The van der Waals surface area contributed by atoms with Crippen molar-refractivity contribution in [2.45, 2.75) is 51.8 Å². The van der Waals surface area contributed by atoms with Gasteiger partial charge < -0.3 is 37.3 Å². The molecule has 1 aromatic carbocycles. The van der Waals surface area contributed by atoms with E-state index in [0.717, 1.165) is 0 Å². The molecule has 0 heterocycles. The number of anilines is 1. The van der Waals surface area contributed by atoms with Crippen LogP contribution in [0.15, 0.2) is 24.3 Å². The van der Waals surface area contributed by atoms with E-state index in [-0.39, 0.29) is 25.5 Å². The summed E-state index contributed by atoms with van der Waals surface area (Å²) in [6, 6.07) is 3.64. The average molecular weight is 452 g/mol. The number of hydrogen-bond donors (Lipinski definition) is 6. The number of primary amides is 1. The number of aliphatic hydroxyl groups is 1. The zero-order chi connectivity index (χ0) is 24.3. The second-order valence-corrected chi connectivity index (χ2v) is 7.53. The normalized spacial score (nSPS) is 13.6. The zero-order valence-electron chi connectivity index (χ0n) is 18.6. The van der Waals surface area contributed by atoms with E-state index in [9.17, 15) is 24.3 Å². The molecule has 0 aliphatic heterocycles. The first-order chi connectivity index (χ1) is 15.1. The summed E-state index contributed by atoms with van der Waals surface area (Å²) in [6.45, 7) is 5.61. The van der Waals surface area contributed by atoms with E-state index < -0.39 is 42.0 Å². The molecule has 1 unspecified atom stereocenters. The van der Waals surface area contributed by atoms with Crippen LogP contribution >= 0.6 is 0 Å². The number of hydrogen-bond acceptors (Lipinski definition) is 7. The third-order valence-corrected chi connectivity index (χ3v) is 4.63. The fraction of sp³-hybridized carbons (Fsp3) is 0.524. The van der Waals surface area contributed by atoms with E-state index in [0.29, 0.717) is 17.7 Å². The highest BCUT2D eigenvalue weighted by Gasteiger charge is 2.25. The highest BCUT2D eigenvalue weighted by atomic mass is 16.5. The number of nitrogens with one attached hydrogen (secondary N) is 3. The molecule has 1 rings (SSSR count). The standard InChI is InChI=1S/C21H33N5O6/c1-4-32-20(30)17(27)13-7-9-14(10-8-13)25-18(28)15(6-5-11-24-21(23)31)26-19(29)16(22)12(2)3/h7-10,12,15-17,27H,4-6,11,22H2,1-3H3,(H,25,28)(H,26,29)(H3,23,24,31)/t15-,16-,17?/m0/s1. The van der Waals surface area contributed by atoms with Gasteiger partial charge in [0.25, 0.3) is 0 Å². The van der Waals surface area contributed by atoms with Gasteiger partial charge in [-0.2, -0.15) is 0 Å². The van der Waals surface area contributed by atoms with Crippen molar-refractivity contribution in [3.63, 3.8) is 0 Å². The monoisotopic (exact) mass is 451 g/mol. The van der Waals surface area contributed by atoms with E-state index in [1.54, 1.807) is 20.8 Å². The van der Waals surface area contributed by atoms with Crippen molar-refractivity contribution in [3.8, 4) is 0 Å². The largest absolute Gasteiger partial charge is 0.464 e. The Bertz CT molecular complexity index is 783. The number of carbonyl (C=O) groups excluding carboxylic acids is 4. The number of urea groups is 1. The van der Waals surface area contributed by atoms with Crippen LogP contribution in [0.5, 0.6) is 0 Å². The van der Waals surface area contributed by atoms with Gasteiger partial charge in [-0.1, -0.05) is 26.0 Å². The molecule has 0 aromatic heterocycles. The van der Waals surface area contributed by atoms with Crippen LogP contribution in [0, 0.1) is 5.92 Å². The van der Waals surface area contributed by atoms with Crippen molar-refractivity contribution in [2.75, 3.05) is 18.5 Å². The maximum absolute atomic E-state index is 12.8. The Morgan fingerprint density at radius 1 is 1.09 bits per heavy atom. The second-order valence-electron chi connectivity index (χ2n) is 7.53. The minimum absolute atomic E-state index is 0.117. The highest BCUT2D eigenvalue weighted by molar-refractivity contribution is 5.97. The van der Waals surface area contributed by atoms with Crippen molar-refractivity contribution >= 4 is 29.5 Å². The van der Waals surface area contributed by atoms with Gasteiger partial charge in [0.15, 0.2) is 6.10 Å². The van der Waals surface area contributed by atoms with Crippen LogP contribution in [0.3, 0.4) is 0 Å². The van der Waals surface area contributed by atoms with Gasteiger partial charge in [0, 0.05) is 12.2 Å². The lowest BCUT2D eigenvalue weighted by Crippen LogP contribution is -2.51. The number of esters is 1. The van der Waals surface area contributed by atoms with Gasteiger partial charge in [-0.25, -0.2) is 9.59 Å². The van der Waals surface area contributed by atoms with Crippen LogP contribution in [-0.2, 0) is 19.1 Å². The first kappa shape index (κ1) is 26.9. The molecule has 0 saturated heterocycles. The molecule has 11 nitrogen and oxygen atoms in total. The van der Waals surface area contributed by atoms with Crippen LogP contribution in [0.4, 0.5) is 10.5 Å². The third kappa shape index (κ3) is 8.90. The molecule has 32 heavy (non-hydrogen) atoms. The molecule has 0 aliphatic rings. The van der Waals surface area contributed by atoms with Crippen molar-refractivity contribution in [1.82, 2.24) is 10.6 Å². The molecule has 0 spiro atoms. The second kappa shape index (κ2) is 13.3. The van der Waals surface area contributed by atoms with Crippen LogP contribution in [0.1, 0.15) is 45.3 Å². The summed E-state index contributed by atoms with van der Waals surface area (Å²) in [5.74, 6) is -1.82. The SMILES string of the molecule is CCOC(=O)C(O)c1ccc(NC(=O)[C@H](CCCNC(N)=O)NC(=O)[C@@H](N)C(C)C)cc1. The fourth-order valence-electron chi connectivity index (χ4n) is 2.69. The number of aliphatic hydroxyl groups excluding tert-OH is 1. The van der Waals surface area contributed by atoms with Gasteiger partial charge in [-0.15, -0.1) is 0 Å². The first-order valence-corrected chi connectivity index (χ1v) is 10.4. The third-order valence-electron chi connectivity index (χ3n) is 4.63. The fourth-order valence-corrected chi connectivity index (χ4v) is 2.69. The zero-order valence-corrected chi connectivity index (χ0v) is 18.6. The summed E-state index contributed by atoms with van der Waals surface area (Å²) in [6.07, 6.45) is -0.799. The lowest BCUT2D eigenvalue weighted by Gasteiger charge is -2.22. The highest BCUT2D eigenvalue weighted by Crippen LogP contribution is 2.18. The number of rotatable bonds is 12.